The van der Waals surface area contributed by atoms with Crippen LogP contribution >= 0.6 is 0 Å². The zero-order valence-electron chi connectivity index (χ0n) is 27.4. The maximum absolute atomic E-state index is 13.9. The largest absolute Gasteiger partial charge is 0.460 e. The monoisotopic (exact) mass is 618 g/mol. The average Bonchev–Trinajstić information content (AvgIpc) is 3.40. The third-order valence-electron chi connectivity index (χ3n) is 11.5. The molecule has 1 unspecified atom stereocenters. The predicted molar refractivity (Wildman–Crippen MR) is 172 cm³/mol. The predicted octanol–water partition coefficient (Wildman–Crippen LogP) is 7.28. The summed E-state index contributed by atoms with van der Waals surface area (Å²) in [5, 5.41) is 0. The molecule has 0 N–H and O–H groups in total. The number of hydrogen-bond donors (Lipinski definition) is 0. The van der Waals surface area contributed by atoms with E-state index in [2.05, 4.69) is 34.3 Å². The lowest BCUT2D eigenvalue weighted by atomic mass is 9.44. The fourth-order valence-corrected chi connectivity index (χ4v) is 8.78. The summed E-state index contributed by atoms with van der Waals surface area (Å²) in [7, 11) is 0. The average molecular weight is 619 g/mol. The van der Waals surface area contributed by atoms with E-state index in [1.807, 2.05) is 66.7 Å². The third-order valence-corrected chi connectivity index (χ3v) is 11.5. The van der Waals surface area contributed by atoms with Crippen molar-refractivity contribution in [1.29, 1.82) is 0 Å². The molecule has 0 radical (unpaired) electrons. The zero-order chi connectivity index (χ0) is 32.1. The van der Waals surface area contributed by atoms with Gasteiger partial charge in [0.1, 0.15) is 32.1 Å². The Kier molecular flexibility index (Phi) is 10.6. The second-order valence-corrected chi connectivity index (χ2v) is 14.0. The Bertz CT molecular complexity index is 1300. The number of rotatable bonds is 13. The molecule has 8 atom stereocenters. The number of esters is 1. The van der Waals surface area contributed by atoms with E-state index in [1.54, 1.807) is 0 Å². The molecule has 3 aliphatic carbocycles. The molecule has 3 saturated carbocycles. The van der Waals surface area contributed by atoms with Gasteiger partial charge in [-0.1, -0.05) is 94.4 Å². The minimum absolute atomic E-state index is 0.0205. The van der Waals surface area contributed by atoms with E-state index < -0.39 is 22.9 Å². The topological polar surface area (TPSA) is 80.3 Å². The van der Waals surface area contributed by atoms with E-state index in [9.17, 15) is 9.59 Å². The minimum atomic E-state index is -0.540. The fraction of sp³-hybridized carbons (Fsp3) is 0.579. The summed E-state index contributed by atoms with van der Waals surface area (Å²) < 4.78 is 30.2. The summed E-state index contributed by atoms with van der Waals surface area (Å²) in [5.74, 6) is -0.127. The van der Waals surface area contributed by atoms with E-state index in [0.29, 0.717) is 26.1 Å². The molecule has 0 amide bonds. The fourth-order valence-electron chi connectivity index (χ4n) is 8.78. The van der Waals surface area contributed by atoms with Gasteiger partial charge in [0, 0.05) is 23.2 Å². The van der Waals surface area contributed by atoms with E-state index >= 15 is 0 Å². The van der Waals surface area contributed by atoms with Gasteiger partial charge in [0.2, 0.25) is 0 Å². The molecular formula is C38H50O7. The molecule has 2 bridgehead atoms. The quantitative estimate of drug-likeness (QED) is 0.101. The standard InChI is InChI=1S/C38H50O7/c1-6-36(4)21-32(45-33(40)24-43-25-41-22-29-13-9-7-10-14-29)37(5)27(2)17-19-38(20-18-31(39)34(37)38)28(3)35(36)44-26-42-23-30-15-11-8-12-16-30/h6-16,27-28,32,34-35H,1,17-26H2,2-5H3/t27-,28+,32-,34?,35+,36-,37+,38+/m1/s1. The van der Waals surface area contributed by atoms with E-state index in [0.717, 1.165) is 30.4 Å². The molecule has 3 fully saturated rings. The minimum Gasteiger partial charge on any atom is -0.460 e. The molecular weight excluding hydrogens is 568 g/mol. The molecule has 2 aromatic carbocycles. The summed E-state index contributed by atoms with van der Waals surface area (Å²) in [6.45, 7) is 13.8. The van der Waals surface area contributed by atoms with Crippen LogP contribution < -0.4 is 0 Å². The highest BCUT2D eigenvalue weighted by atomic mass is 16.7. The van der Waals surface area contributed by atoms with E-state index in [1.165, 1.54) is 0 Å². The van der Waals surface area contributed by atoms with Crippen molar-refractivity contribution in [3.05, 3.63) is 84.4 Å². The van der Waals surface area contributed by atoms with Gasteiger partial charge in [-0.2, -0.15) is 0 Å². The Labute approximate surface area is 268 Å². The molecule has 2 aromatic rings. The zero-order valence-corrected chi connectivity index (χ0v) is 27.4. The van der Waals surface area contributed by atoms with Gasteiger partial charge in [-0.15, -0.1) is 6.58 Å². The van der Waals surface area contributed by atoms with Crippen molar-refractivity contribution in [1.82, 2.24) is 0 Å². The summed E-state index contributed by atoms with van der Waals surface area (Å²) in [5.41, 5.74) is 0.789. The highest BCUT2D eigenvalue weighted by Crippen LogP contribution is 2.68. The molecule has 45 heavy (non-hydrogen) atoms. The molecule has 7 heteroatoms. The smallest absolute Gasteiger partial charge is 0.332 e. The molecule has 5 rings (SSSR count). The van der Waals surface area contributed by atoms with Gasteiger partial charge in [0.05, 0.1) is 19.3 Å². The molecule has 7 nitrogen and oxygen atoms in total. The van der Waals surface area contributed by atoms with Crippen molar-refractivity contribution in [3.63, 3.8) is 0 Å². The number of ketones is 1. The first kappa shape index (κ1) is 33.5. The number of carbonyl (C=O) groups excluding carboxylic acids is 2. The van der Waals surface area contributed by atoms with Crippen LogP contribution in [0.4, 0.5) is 0 Å². The molecule has 0 aliphatic heterocycles. The highest BCUT2D eigenvalue weighted by molar-refractivity contribution is 5.85. The Morgan fingerprint density at radius 1 is 0.911 bits per heavy atom. The maximum Gasteiger partial charge on any atom is 0.332 e. The van der Waals surface area contributed by atoms with Gasteiger partial charge >= 0.3 is 5.97 Å². The van der Waals surface area contributed by atoms with Crippen LogP contribution in [0, 0.1) is 34.0 Å². The van der Waals surface area contributed by atoms with Gasteiger partial charge < -0.3 is 23.7 Å². The summed E-state index contributed by atoms with van der Waals surface area (Å²) in [6, 6.07) is 19.8. The van der Waals surface area contributed by atoms with Gasteiger partial charge in [0.15, 0.2) is 0 Å². The maximum atomic E-state index is 13.9. The number of Topliss-reactive ketones (excluding diaryl/α,β-unsaturated/α-hetero) is 1. The van der Waals surface area contributed by atoms with Crippen LogP contribution in [0.3, 0.4) is 0 Å². The molecule has 0 aromatic heterocycles. The molecule has 0 saturated heterocycles. The molecule has 0 spiro atoms. The van der Waals surface area contributed by atoms with Crippen molar-refractivity contribution < 1.29 is 33.3 Å². The molecule has 244 valence electrons. The lowest BCUT2D eigenvalue weighted by Gasteiger charge is -2.62. The van der Waals surface area contributed by atoms with E-state index in [-0.39, 0.29) is 55.2 Å². The van der Waals surface area contributed by atoms with Gasteiger partial charge in [-0.25, -0.2) is 4.79 Å². The Hall–Kier alpha value is -2.84. The Balaban J connectivity index is 1.34. The van der Waals surface area contributed by atoms with Crippen LogP contribution in [0.15, 0.2) is 73.3 Å². The lowest BCUT2D eigenvalue weighted by Crippen LogP contribution is -2.63. The van der Waals surface area contributed by atoms with Crippen LogP contribution in [0.2, 0.25) is 0 Å². The van der Waals surface area contributed by atoms with Crippen LogP contribution in [-0.4, -0.2) is 44.2 Å². The lowest BCUT2D eigenvalue weighted by molar-refractivity contribution is -0.227. The van der Waals surface area contributed by atoms with E-state index in [4.69, 9.17) is 23.7 Å². The van der Waals surface area contributed by atoms with Crippen LogP contribution in [0.1, 0.15) is 70.9 Å². The second-order valence-electron chi connectivity index (χ2n) is 14.0. The van der Waals surface area contributed by atoms with Crippen LogP contribution in [-0.2, 0) is 46.5 Å². The number of carbonyl (C=O) groups is 2. The third kappa shape index (κ3) is 6.83. The number of benzene rings is 2. The van der Waals surface area contributed by atoms with Crippen molar-refractivity contribution in [2.45, 2.75) is 85.2 Å². The first-order valence-corrected chi connectivity index (χ1v) is 16.4. The molecule has 0 heterocycles. The first-order valence-electron chi connectivity index (χ1n) is 16.4. The van der Waals surface area contributed by atoms with Crippen molar-refractivity contribution in [2.75, 3.05) is 20.2 Å². The highest BCUT2D eigenvalue weighted by Gasteiger charge is 2.68. The normalized spacial score (nSPS) is 34.4. The summed E-state index contributed by atoms with van der Waals surface area (Å²) in [6.07, 6.45) is 4.92. The van der Waals surface area contributed by atoms with Crippen LogP contribution in [0.5, 0.6) is 0 Å². The van der Waals surface area contributed by atoms with Crippen molar-refractivity contribution in [3.8, 4) is 0 Å². The van der Waals surface area contributed by atoms with Crippen LogP contribution in [0.25, 0.3) is 0 Å². The summed E-state index contributed by atoms with van der Waals surface area (Å²) in [4.78, 5) is 27.2. The Morgan fingerprint density at radius 3 is 2.16 bits per heavy atom. The molecule has 3 aliphatic rings. The van der Waals surface area contributed by atoms with Crippen molar-refractivity contribution in [2.24, 2.45) is 34.0 Å². The Morgan fingerprint density at radius 2 is 1.53 bits per heavy atom. The van der Waals surface area contributed by atoms with Gasteiger partial charge in [-0.05, 0) is 54.1 Å². The number of hydrogen-bond acceptors (Lipinski definition) is 7. The van der Waals surface area contributed by atoms with Gasteiger partial charge in [-0.3, -0.25) is 4.79 Å². The van der Waals surface area contributed by atoms with Crippen molar-refractivity contribution >= 4 is 11.8 Å². The SMILES string of the molecule is C=C[C@]1(C)C[C@@H](OC(=O)COCOCc2ccccc2)[C@@]2(C)C3C(=O)CC[C@@]3(CC[C@H]2C)[C@@H](C)[C@@H]1OCOCc1ccccc1. The second kappa shape index (κ2) is 14.3. The number of ether oxygens (including phenoxy) is 5. The summed E-state index contributed by atoms with van der Waals surface area (Å²) >= 11 is 0. The van der Waals surface area contributed by atoms with Gasteiger partial charge in [0.25, 0.3) is 0 Å². The first-order chi connectivity index (χ1) is 21.6.